The molecule has 0 saturated carbocycles. The number of nitrogens with one attached hydrogen (secondary N) is 1. The molecule has 2 aromatic carbocycles. The molecule has 0 bridgehead atoms. The average Bonchev–Trinajstić information content (AvgIpc) is 2.71. The highest BCUT2D eigenvalue weighted by molar-refractivity contribution is 8.00. The summed E-state index contributed by atoms with van der Waals surface area (Å²) in [4.78, 5) is 13.3. The number of ether oxygens (including phenoxy) is 4. The maximum absolute atomic E-state index is 12.4. The summed E-state index contributed by atoms with van der Waals surface area (Å²) in [5.41, 5.74) is 0.870. The molecule has 0 saturated heterocycles. The molecule has 0 aromatic heterocycles. The summed E-state index contributed by atoms with van der Waals surface area (Å²) in [6.07, 6.45) is 0. The van der Waals surface area contributed by atoms with E-state index in [4.69, 9.17) is 18.9 Å². The van der Waals surface area contributed by atoms with Gasteiger partial charge in [0.25, 0.3) is 0 Å². The number of amides is 1. The summed E-state index contributed by atoms with van der Waals surface area (Å²) in [5, 5.41) is 3.00. The number of fused-ring (bicyclic) bond motifs is 1. The maximum Gasteiger partial charge on any atom is 0.230 e. The van der Waals surface area contributed by atoms with Gasteiger partial charge >= 0.3 is 0 Å². The van der Waals surface area contributed by atoms with Crippen LogP contribution >= 0.6 is 11.8 Å². The fourth-order valence-corrected chi connectivity index (χ4v) is 3.54. The Balaban J connectivity index is 1.59. The molecule has 7 heteroatoms. The summed E-state index contributed by atoms with van der Waals surface area (Å²) in [5.74, 6) is 3.14. The summed E-state index contributed by atoms with van der Waals surface area (Å²) in [6, 6.07) is 11.0. The van der Waals surface area contributed by atoms with Crippen molar-refractivity contribution in [2.24, 2.45) is 0 Å². The molecule has 2 aromatic rings. The molecular weight excluding hydrogens is 366 g/mol. The Morgan fingerprint density at radius 1 is 1.11 bits per heavy atom. The minimum absolute atomic E-state index is 0.0627. The van der Waals surface area contributed by atoms with E-state index in [9.17, 15) is 4.79 Å². The Bertz CT molecular complexity index is 811. The summed E-state index contributed by atoms with van der Waals surface area (Å²) in [6.45, 7) is 3.03. The number of benzene rings is 2. The largest absolute Gasteiger partial charge is 0.497 e. The van der Waals surface area contributed by atoms with Crippen LogP contribution in [0.4, 0.5) is 0 Å². The smallest absolute Gasteiger partial charge is 0.230 e. The molecule has 1 aliphatic rings. The second-order valence-electron chi connectivity index (χ2n) is 5.99. The molecule has 1 heterocycles. The van der Waals surface area contributed by atoms with Gasteiger partial charge in [-0.15, -0.1) is 11.8 Å². The van der Waals surface area contributed by atoms with Crippen LogP contribution in [-0.4, -0.2) is 39.1 Å². The molecule has 0 spiro atoms. The van der Waals surface area contributed by atoms with E-state index in [1.807, 2.05) is 43.3 Å². The number of hydrogen-bond acceptors (Lipinski definition) is 6. The van der Waals surface area contributed by atoms with Crippen LogP contribution in [0.15, 0.2) is 41.3 Å². The van der Waals surface area contributed by atoms with Crippen molar-refractivity contribution in [2.75, 3.05) is 33.2 Å². The van der Waals surface area contributed by atoms with Crippen molar-refractivity contribution in [3.8, 4) is 23.0 Å². The van der Waals surface area contributed by atoms with Crippen molar-refractivity contribution in [2.45, 2.75) is 17.9 Å². The van der Waals surface area contributed by atoms with E-state index >= 15 is 0 Å². The van der Waals surface area contributed by atoms with Gasteiger partial charge in [0, 0.05) is 10.5 Å². The molecular formula is C20H23NO5S. The lowest BCUT2D eigenvalue weighted by Crippen LogP contribution is -2.28. The van der Waals surface area contributed by atoms with E-state index < -0.39 is 0 Å². The molecule has 3 rings (SSSR count). The lowest BCUT2D eigenvalue weighted by atomic mass is 10.1. The zero-order valence-electron chi connectivity index (χ0n) is 15.6. The van der Waals surface area contributed by atoms with Crippen LogP contribution in [-0.2, 0) is 4.79 Å². The topological polar surface area (TPSA) is 66.0 Å². The molecule has 1 atom stereocenters. The van der Waals surface area contributed by atoms with Crippen LogP contribution in [0.2, 0.25) is 0 Å². The van der Waals surface area contributed by atoms with Crippen molar-refractivity contribution < 1.29 is 23.7 Å². The fourth-order valence-electron chi connectivity index (χ4n) is 2.80. The highest BCUT2D eigenvalue weighted by atomic mass is 32.2. The lowest BCUT2D eigenvalue weighted by Gasteiger charge is -2.19. The van der Waals surface area contributed by atoms with E-state index in [0.717, 1.165) is 27.7 Å². The van der Waals surface area contributed by atoms with E-state index in [-0.39, 0.29) is 11.9 Å². The normalized spacial score (nSPS) is 13.6. The van der Waals surface area contributed by atoms with Gasteiger partial charge in [0.05, 0.1) is 26.0 Å². The van der Waals surface area contributed by atoms with Crippen LogP contribution in [0.5, 0.6) is 23.0 Å². The second-order valence-corrected chi connectivity index (χ2v) is 7.04. The average molecular weight is 389 g/mol. The van der Waals surface area contributed by atoms with Gasteiger partial charge in [0.1, 0.15) is 24.7 Å². The first-order chi connectivity index (χ1) is 13.1. The third-order valence-corrected chi connectivity index (χ3v) is 5.16. The Morgan fingerprint density at radius 2 is 1.89 bits per heavy atom. The van der Waals surface area contributed by atoms with E-state index in [1.165, 1.54) is 11.8 Å². The molecule has 144 valence electrons. The maximum atomic E-state index is 12.4. The predicted octanol–water partition coefficient (Wildman–Crippen LogP) is 3.44. The van der Waals surface area contributed by atoms with Crippen LogP contribution < -0.4 is 24.3 Å². The van der Waals surface area contributed by atoms with Crippen molar-refractivity contribution >= 4 is 17.7 Å². The van der Waals surface area contributed by atoms with E-state index in [1.54, 1.807) is 14.2 Å². The number of carbonyl (C=O) groups is 1. The summed E-state index contributed by atoms with van der Waals surface area (Å²) in [7, 11) is 3.22. The third-order valence-electron chi connectivity index (χ3n) is 4.16. The summed E-state index contributed by atoms with van der Waals surface area (Å²) < 4.78 is 21.7. The van der Waals surface area contributed by atoms with Gasteiger partial charge in [-0.2, -0.15) is 0 Å². The number of hydrogen-bond donors (Lipinski definition) is 1. The van der Waals surface area contributed by atoms with Crippen molar-refractivity contribution in [1.29, 1.82) is 0 Å². The van der Waals surface area contributed by atoms with Gasteiger partial charge in [-0.1, -0.05) is 0 Å². The molecule has 1 aliphatic heterocycles. The first-order valence-corrected chi connectivity index (χ1v) is 9.63. The van der Waals surface area contributed by atoms with Gasteiger partial charge in [-0.25, -0.2) is 0 Å². The van der Waals surface area contributed by atoms with Crippen LogP contribution in [0.3, 0.4) is 0 Å². The predicted molar refractivity (Wildman–Crippen MR) is 104 cm³/mol. The molecule has 1 N–H and O–H groups in total. The van der Waals surface area contributed by atoms with Gasteiger partial charge in [-0.3, -0.25) is 4.79 Å². The van der Waals surface area contributed by atoms with Crippen LogP contribution in [0.1, 0.15) is 18.5 Å². The highest BCUT2D eigenvalue weighted by Crippen LogP contribution is 2.34. The van der Waals surface area contributed by atoms with E-state index in [0.29, 0.717) is 24.7 Å². The molecule has 0 fully saturated rings. The first-order valence-electron chi connectivity index (χ1n) is 8.64. The fraction of sp³-hybridized carbons (Fsp3) is 0.350. The van der Waals surface area contributed by atoms with Gasteiger partial charge in [0.2, 0.25) is 5.91 Å². The zero-order valence-corrected chi connectivity index (χ0v) is 16.4. The lowest BCUT2D eigenvalue weighted by molar-refractivity contribution is -0.119. The van der Waals surface area contributed by atoms with Gasteiger partial charge < -0.3 is 24.3 Å². The molecule has 0 radical (unpaired) electrons. The third kappa shape index (κ3) is 4.80. The quantitative estimate of drug-likeness (QED) is 0.732. The standard InChI is InChI=1S/C20H23NO5S/c1-13(16-10-14(23-2)4-6-17(16)24-3)21-20(22)12-27-15-5-7-18-19(11-15)26-9-8-25-18/h4-7,10-11,13H,8-9,12H2,1-3H3,(H,21,22)/t13-/m1/s1. The number of carbonyl (C=O) groups excluding carboxylic acids is 1. The Hall–Kier alpha value is -2.54. The van der Waals surface area contributed by atoms with Crippen LogP contribution in [0.25, 0.3) is 0 Å². The van der Waals surface area contributed by atoms with Crippen LogP contribution in [0, 0.1) is 0 Å². The minimum atomic E-state index is -0.205. The number of rotatable bonds is 7. The van der Waals surface area contributed by atoms with Crippen molar-refractivity contribution in [3.63, 3.8) is 0 Å². The highest BCUT2D eigenvalue weighted by Gasteiger charge is 2.16. The zero-order chi connectivity index (χ0) is 19.2. The summed E-state index contributed by atoms with van der Waals surface area (Å²) >= 11 is 1.45. The molecule has 0 unspecified atom stereocenters. The molecule has 0 aliphatic carbocycles. The van der Waals surface area contributed by atoms with Gasteiger partial charge in [-0.05, 0) is 43.3 Å². The number of methoxy groups -OCH3 is 2. The van der Waals surface area contributed by atoms with Crippen molar-refractivity contribution in [1.82, 2.24) is 5.32 Å². The van der Waals surface area contributed by atoms with E-state index in [2.05, 4.69) is 5.32 Å². The van der Waals surface area contributed by atoms with Crippen molar-refractivity contribution in [3.05, 3.63) is 42.0 Å². The minimum Gasteiger partial charge on any atom is -0.497 e. The molecule has 27 heavy (non-hydrogen) atoms. The number of thioether (sulfide) groups is 1. The second kappa shape index (κ2) is 8.90. The Labute approximate surface area is 163 Å². The van der Waals surface area contributed by atoms with Gasteiger partial charge in [0.15, 0.2) is 11.5 Å². The SMILES string of the molecule is COc1ccc(OC)c([C@@H](C)NC(=O)CSc2ccc3c(c2)OCCO3)c1. The first kappa shape index (κ1) is 19.2. The Kier molecular flexibility index (Phi) is 6.34. The molecule has 6 nitrogen and oxygen atoms in total. The Morgan fingerprint density at radius 3 is 2.63 bits per heavy atom. The molecule has 1 amide bonds. The monoisotopic (exact) mass is 389 g/mol.